The molecule has 28 heavy (non-hydrogen) atoms. The number of anilines is 1. The molecule has 1 unspecified atom stereocenters. The van der Waals surface area contributed by atoms with E-state index in [0.29, 0.717) is 28.1 Å². The first-order valence-electron chi connectivity index (χ1n) is 8.36. The van der Waals surface area contributed by atoms with Crippen molar-refractivity contribution in [1.82, 2.24) is 10.2 Å². The number of ketones is 1. The lowest BCUT2D eigenvalue weighted by Crippen LogP contribution is -2.25. The molecule has 3 aromatic rings. The minimum absolute atomic E-state index is 0.0234. The lowest BCUT2D eigenvalue weighted by molar-refractivity contribution is -0.118. The smallest absolute Gasteiger partial charge is 0.277 e. The van der Waals surface area contributed by atoms with Gasteiger partial charge in [0.25, 0.3) is 11.1 Å². The van der Waals surface area contributed by atoms with Gasteiger partial charge in [-0.2, -0.15) is 0 Å². The van der Waals surface area contributed by atoms with Crippen molar-refractivity contribution in [2.75, 3.05) is 11.9 Å². The Hall–Kier alpha value is -2.65. The van der Waals surface area contributed by atoms with Crippen molar-refractivity contribution in [1.29, 1.82) is 0 Å². The van der Waals surface area contributed by atoms with Gasteiger partial charge in [-0.25, -0.2) is 0 Å². The normalized spacial score (nSPS) is 14.0. The Morgan fingerprint density at radius 3 is 2.79 bits per heavy atom. The SMILES string of the molecule is CC(Sc1nnc(-c2ccc(Br)cc2)o1)C(=O)c1ccc2c(c1)NC(=O)CO2. The molecule has 1 atom stereocenters. The van der Waals surface area contributed by atoms with Crippen LogP contribution in [0.5, 0.6) is 5.75 Å². The molecule has 1 aliphatic rings. The summed E-state index contributed by atoms with van der Waals surface area (Å²) < 4.78 is 11.9. The number of carbonyl (C=O) groups excluding carboxylic acids is 2. The number of rotatable bonds is 5. The highest BCUT2D eigenvalue weighted by molar-refractivity contribution is 9.10. The van der Waals surface area contributed by atoms with Crippen LogP contribution in [0.3, 0.4) is 0 Å². The summed E-state index contributed by atoms with van der Waals surface area (Å²) in [4.78, 5) is 24.2. The Morgan fingerprint density at radius 1 is 1.21 bits per heavy atom. The van der Waals surface area contributed by atoms with Gasteiger partial charge >= 0.3 is 0 Å². The van der Waals surface area contributed by atoms with Crippen LogP contribution in [0.25, 0.3) is 11.5 Å². The zero-order chi connectivity index (χ0) is 19.7. The number of hydrogen-bond donors (Lipinski definition) is 1. The predicted octanol–water partition coefficient (Wildman–Crippen LogP) is 4.19. The molecule has 142 valence electrons. The number of halogens is 1. The minimum Gasteiger partial charge on any atom is -0.482 e. The maximum atomic E-state index is 12.8. The number of fused-ring (bicyclic) bond motifs is 1. The Balaban J connectivity index is 1.47. The standard InChI is InChI=1S/C19H14BrN3O4S/c1-10(17(25)12-4-7-15-14(8-12)21-16(24)9-26-15)28-19-23-22-18(27-19)11-2-5-13(20)6-3-11/h2-8,10H,9H2,1H3,(H,21,24). The molecule has 4 rings (SSSR count). The molecule has 0 bridgehead atoms. The van der Waals surface area contributed by atoms with Gasteiger partial charge in [-0.15, -0.1) is 10.2 Å². The van der Waals surface area contributed by atoms with E-state index in [1.807, 2.05) is 24.3 Å². The molecule has 1 aromatic heterocycles. The van der Waals surface area contributed by atoms with Crippen LogP contribution in [-0.2, 0) is 4.79 Å². The largest absolute Gasteiger partial charge is 0.482 e. The number of nitrogens with one attached hydrogen (secondary N) is 1. The van der Waals surface area contributed by atoms with Crippen molar-refractivity contribution >= 4 is 45.1 Å². The second-order valence-corrected chi connectivity index (χ2v) is 8.26. The highest BCUT2D eigenvalue weighted by atomic mass is 79.9. The number of benzene rings is 2. The third-order valence-corrected chi connectivity index (χ3v) is 5.50. The maximum absolute atomic E-state index is 12.8. The molecule has 0 spiro atoms. The van der Waals surface area contributed by atoms with Gasteiger partial charge in [-0.1, -0.05) is 27.7 Å². The van der Waals surface area contributed by atoms with E-state index in [0.717, 1.165) is 10.0 Å². The lowest BCUT2D eigenvalue weighted by Gasteiger charge is -2.18. The highest BCUT2D eigenvalue weighted by Crippen LogP contribution is 2.32. The third kappa shape index (κ3) is 3.95. The van der Waals surface area contributed by atoms with Crippen molar-refractivity contribution in [3.63, 3.8) is 0 Å². The summed E-state index contributed by atoms with van der Waals surface area (Å²) >= 11 is 4.57. The number of amides is 1. The average molecular weight is 460 g/mol. The summed E-state index contributed by atoms with van der Waals surface area (Å²) in [5.41, 5.74) is 1.76. The van der Waals surface area contributed by atoms with Crippen molar-refractivity contribution in [2.24, 2.45) is 0 Å². The van der Waals surface area contributed by atoms with E-state index in [1.165, 1.54) is 11.8 Å². The summed E-state index contributed by atoms with van der Waals surface area (Å²) in [6.45, 7) is 1.75. The van der Waals surface area contributed by atoms with E-state index in [2.05, 4.69) is 31.4 Å². The van der Waals surface area contributed by atoms with E-state index < -0.39 is 5.25 Å². The maximum Gasteiger partial charge on any atom is 0.277 e. The number of thioether (sulfide) groups is 1. The number of aromatic nitrogens is 2. The van der Waals surface area contributed by atoms with Crippen LogP contribution in [0.15, 0.2) is 56.6 Å². The number of carbonyl (C=O) groups is 2. The Labute approximate surface area is 173 Å². The van der Waals surface area contributed by atoms with Gasteiger partial charge < -0.3 is 14.5 Å². The van der Waals surface area contributed by atoms with Crippen molar-refractivity contribution in [3.8, 4) is 17.2 Å². The van der Waals surface area contributed by atoms with Crippen LogP contribution in [0.1, 0.15) is 17.3 Å². The van der Waals surface area contributed by atoms with Crippen molar-refractivity contribution < 1.29 is 18.7 Å². The van der Waals surface area contributed by atoms with Gasteiger partial charge in [0.2, 0.25) is 5.89 Å². The predicted molar refractivity (Wildman–Crippen MR) is 108 cm³/mol. The monoisotopic (exact) mass is 459 g/mol. The quantitative estimate of drug-likeness (QED) is 0.451. The van der Waals surface area contributed by atoms with Gasteiger partial charge in [0.1, 0.15) is 5.75 Å². The molecule has 0 saturated heterocycles. The van der Waals surface area contributed by atoms with Crippen molar-refractivity contribution in [2.45, 2.75) is 17.4 Å². The fraction of sp³-hybridized carbons (Fsp3) is 0.158. The summed E-state index contributed by atoms with van der Waals surface area (Å²) in [5, 5.41) is 10.6. The van der Waals surface area contributed by atoms with Gasteiger partial charge in [0, 0.05) is 15.6 Å². The van der Waals surface area contributed by atoms with Crippen LogP contribution >= 0.6 is 27.7 Å². The van der Waals surface area contributed by atoms with E-state index in [-0.39, 0.29) is 18.3 Å². The van der Waals surface area contributed by atoms with E-state index in [1.54, 1.807) is 25.1 Å². The molecule has 0 saturated carbocycles. The molecule has 7 nitrogen and oxygen atoms in total. The fourth-order valence-electron chi connectivity index (χ4n) is 2.64. The molecule has 2 heterocycles. The molecule has 1 aliphatic heterocycles. The topological polar surface area (TPSA) is 94.3 Å². The van der Waals surface area contributed by atoms with Gasteiger partial charge in [-0.05, 0) is 49.4 Å². The number of nitrogens with zero attached hydrogens (tertiary/aromatic N) is 2. The van der Waals surface area contributed by atoms with Crippen LogP contribution in [0.2, 0.25) is 0 Å². The number of hydrogen-bond acceptors (Lipinski definition) is 7. The average Bonchev–Trinajstić information content (AvgIpc) is 3.15. The van der Waals surface area contributed by atoms with Gasteiger partial charge in [-0.3, -0.25) is 9.59 Å². The molecule has 9 heteroatoms. The van der Waals surface area contributed by atoms with Crippen LogP contribution in [0, 0.1) is 0 Å². The minimum atomic E-state index is -0.448. The molecular formula is C19H14BrN3O4S. The van der Waals surface area contributed by atoms with E-state index >= 15 is 0 Å². The molecule has 0 radical (unpaired) electrons. The third-order valence-electron chi connectivity index (χ3n) is 4.04. The number of Topliss-reactive ketones (excluding diaryl/α,β-unsaturated/α-hetero) is 1. The van der Waals surface area contributed by atoms with Gasteiger partial charge in [0.05, 0.1) is 10.9 Å². The summed E-state index contributed by atoms with van der Waals surface area (Å²) in [6, 6.07) is 12.5. The zero-order valence-corrected chi connectivity index (χ0v) is 17.0. The Kier molecular flexibility index (Phi) is 5.19. The fourth-order valence-corrected chi connectivity index (χ4v) is 3.67. The summed E-state index contributed by atoms with van der Waals surface area (Å²) in [7, 11) is 0. The van der Waals surface area contributed by atoms with Crippen LogP contribution in [-0.4, -0.2) is 33.7 Å². The Morgan fingerprint density at radius 2 is 2.00 bits per heavy atom. The van der Waals surface area contributed by atoms with Crippen LogP contribution in [0.4, 0.5) is 5.69 Å². The number of ether oxygens (including phenoxy) is 1. The summed E-state index contributed by atoms with van der Waals surface area (Å²) in [5.74, 6) is 0.581. The molecule has 0 fully saturated rings. The molecule has 1 amide bonds. The highest BCUT2D eigenvalue weighted by Gasteiger charge is 2.23. The second kappa shape index (κ2) is 7.76. The summed E-state index contributed by atoms with van der Waals surface area (Å²) in [6.07, 6.45) is 0. The Bertz CT molecular complexity index is 1050. The van der Waals surface area contributed by atoms with Crippen molar-refractivity contribution in [3.05, 3.63) is 52.5 Å². The molecule has 0 aliphatic carbocycles. The first-order valence-corrected chi connectivity index (χ1v) is 10.0. The van der Waals surface area contributed by atoms with E-state index in [9.17, 15) is 9.59 Å². The first kappa shape index (κ1) is 18.7. The van der Waals surface area contributed by atoms with E-state index in [4.69, 9.17) is 9.15 Å². The zero-order valence-electron chi connectivity index (χ0n) is 14.6. The molecular weight excluding hydrogens is 446 g/mol. The van der Waals surface area contributed by atoms with Crippen LogP contribution < -0.4 is 10.1 Å². The lowest BCUT2D eigenvalue weighted by atomic mass is 10.1. The first-order chi connectivity index (χ1) is 13.5. The molecule has 2 aromatic carbocycles. The molecule has 1 N–H and O–H groups in total. The van der Waals surface area contributed by atoms with Gasteiger partial charge in [0.15, 0.2) is 12.4 Å². The second-order valence-electron chi connectivity index (χ2n) is 6.05.